The molecule has 2 fully saturated rings. The van der Waals surface area contributed by atoms with Crippen molar-refractivity contribution in [2.75, 3.05) is 49.1 Å². The van der Waals surface area contributed by atoms with Gasteiger partial charge in [-0.25, -0.2) is 9.78 Å². The number of piperidine rings is 1. The maximum absolute atomic E-state index is 13.8. The number of Topliss-reactive ketones (excluding diaryl/α,β-unsaturated/α-hetero) is 1. The summed E-state index contributed by atoms with van der Waals surface area (Å²) in [6.45, 7) is 5.24. The number of carbonyl (C=O) groups is 2. The Morgan fingerprint density at radius 3 is 2.56 bits per heavy atom. The predicted octanol–water partition coefficient (Wildman–Crippen LogP) is 6.25. The molecule has 1 atom stereocenters. The van der Waals surface area contributed by atoms with Gasteiger partial charge in [0.15, 0.2) is 5.69 Å². The minimum absolute atomic E-state index is 0.0811. The Labute approximate surface area is 252 Å². The number of carbonyl (C=O) groups excluding carboxylic acids is 2. The SMILES string of the molecule is CC1CCCN(c2nc(C(F)(F)F)c(C(=O)Cc3ccc(N4CCCN(C(=O)OCc5ccccc5Cl)CC4)nc3)o2)C1. The number of rotatable bonds is 7. The lowest BCUT2D eigenvalue weighted by Gasteiger charge is -2.29. The Balaban J connectivity index is 1.19. The molecule has 2 aliphatic heterocycles. The first-order chi connectivity index (χ1) is 20.6. The smallest absolute Gasteiger partial charge is 0.437 e. The van der Waals surface area contributed by atoms with Crippen molar-refractivity contribution in [3.05, 3.63) is 70.2 Å². The van der Waals surface area contributed by atoms with Crippen LogP contribution in [0.3, 0.4) is 0 Å². The molecule has 1 aromatic carbocycles. The molecule has 0 spiro atoms. The van der Waals surface area contributed by atoms with Crippen molar-refractivity contribution in [3.8, 4) is 0 Å². The second kappa shape index (κ2) is 13.2. The van der Waals surface area contributed by atoms with Crippen LogP contribution in [0.4, 0.5) is 29.8 Å². The summed E-state index contributed by atoms with van der Waals surface area (Å²) in [6, 6.07) is 10.4. The van der Waals surface area contributed by atoms with Gasteiger partial charge in [0, 0.05) is 62.5 Å². The van der Waals surface area contributed by atoms with Gasteiger partial charge < -0.3 is 23.9 Å². The number of hydrogen-bond donors (Lipinski definition) is 0. The summed E-state index contributed by atoms with van der Waals surface area (Å²) in [5.41, 5.74) is -0.118. The minimum Gasteiger partial charge on any atom is -0.444 e. The molecule has 13 heteroatoms. The zero-order valence-electron chi connectivity index (χ0n) is 23.8. The molecular formula is C30H33ClF3N5O4. The maximum atomic E-state index is 13.8. The Hall–Kier alpha value is -3.80. The first-order valence-electron chi connectivity index (χ1n) is 14.3. The van der Waals surface area contributed by atoms with Gasteiger partial charge in [0.25, 0.3) is 6.01 Å². The van der Waals surface area contributed by atoms with Crippen molar-refractivity contribution < 1.29 is 31.9 Å². The highest BCUT2D eigenvalue weighted by molar-refractivity contribution is 6.31. The number of ether oxygens (including phenoxy) is 1. The molecule has 0 radical (unpaired) electrons. The van der Waals surface area contributed by atoms with Crippen molar-refractivity contribution in [2.24, 2.45) is 5.92 Å². The van der Waals surface area contributed by atoms with E-state index in [-0.39, 0.29) is 19.0 Å². The molecule has 230 valence electrons. The second-order valence-electron chi connectivity index (χ2n) is 11.0. The van der Waals surface area contributed by atoms with Crippen LogP contribution in [0.15, 0.2) is 47.0 Å². The lowest BCUT2D eigenvalue weighted by Crippen LogP contribution is -2.35. The van der Waals surface area contributed by atoms with Crippen molar-refractivity contribution in [2.45, 2.75) is 45.4 Å². The molecule has 0 bridgehead atoms. The van der Waals surface area contributed by atoms with Crippen molar-refractivity contribution in [1.29, 1.82) is 0 Å². The summed E-state index contributed by atoms with van der Waals surface area (Å²) in [7, 11) is 0. The van der Waals surface area contributed by atoms with Crippen LogP contribution >= 0.6 is 11.6 Å². The fourth-order valence-electron chi connectivity index (χ4n) is 5.34. The fourth-order valence-corrected chi connectivity index (χ4v) is 5.53. The quantitative estimate of drug-likeness (QED) is 0.287. The van der Waals surface area contributed by atoms with Crippen LogP contribution in [-0.4, -0.2) is 66.0 Å². The largest absolute Gasteiger partial charge is 0.444 e. The standard InChI is InChI=1S/C30H33ClF3N5O4/c1-20-6-4-11-39(18-20)28-36-27(30(32,33)34)26(43-28)24(40)16-21-9-10-25(35-17-21)37-12-5-13-38(15-14-37)29(41)42-19-22-7-2-3-8-23(22)31/h2-3,7-10,17,20H,4-6,11-16,18-19H2,1H3. The molecule has 1 amide bonds. The average molecular weight is 620 g/mol. The third-order valence-electron chi connectivity index (χ3n) is 7.63. The summed E-state index contributed by atoms with van der Waals surface area (Å²) in [6.07, 6.45) is -1.60. The summed E-state index contributed by atoms with van der Waals surface area (Å²) in [5, 5.41) is 0.534. The van der Waals surface area contributed by atoms with Gasteiger partial charge in [-0.15, -0.1) is 0 Å². The molecule has 1 unspecified atom stereocenters. The highest BCUT2D eigenvalue weighted by Crippen LogP contribution is 2.35. The van der Waals surface area contributed by atoms with Gasteiger partial charge in [-0.1, -0.05) is 42.8 Å². The van der Waals surface area contributed by atoms with Crippen LogP contribution in [0.1, 0.15) is 53.6 Å². The topological polar surface area (TPSA) is 92.0 Å². The van der Waals surface area contributed by atoms with Gasteiger partial charge in [0.05, 0.1) is 0 Å². The van der Waals surface area contributed by atoms with E-state index in [0.717, 1.165) is 18.4 Å². The van der Waals surface area contributed by atoms with Crippen LogP contribution in [0.5, 0.6) is 0 Å². The molecule has 0 N–H and O–H groups in total. The van der Waals surface area contributed by atoms with Gasteiger partial charge in [0.2, 0.25) is 11.5 Å². The molecule has 2 aromatic heterocycles. The highest BCUT2D eigenvalue weighted by atomic mass is 35.5. The zero-order chi connectivity index (χ0) is 30.6. The number of hydrogen-bond acceptors (Lipinski definition) is 8. The molecule has 5 rings (SSSR count). The van der Waals surface area contributed by atoms with E-state index >= 15 is 0 Å². The second-order valence-corrected chi connectivity index (χ2v) is 11.4. The van der Waals surface area contributed by atoms with Gasteiger partial charge in [-0.3, -0.25) is 4.79 Å². The van der Waals surface area contributed by atoms with Crippen LogP contribution in [0.25, 0.3) is 0 Å². The fraction of sp³-hybridized carbons (Fsp3) is 0.467. The summed E-state index contributed by atoms with van der Waals surface area (Å²) in [4.78, 5) is 39.1. The van der Waals surface area contributed by atoms with E-state index in [9.17, 15) is 22.8 Å². The molecular weight excluding hydrogens is 587 g/mol. The lowest BCUT2D eigenvalue weighted by molar-refractivity contribution is -0.141. The first-order valence-corrected chi connectivity index (χ1v) is 14.7. The van der Waals surface area contributed by atoms with E-state index in [0.29, 0.717) is 68.0 Å². The van der Waals surface area contributed by atoms with Gasteiger partial charge in [0.1, 0.15) is 12.4 Å². The average Bonchev–Trinajstić information content (AvgIpc) is 3.31. The van der Waals surface area contributed by atoms with E-state index in [2.05, 4.69) is 9.97 Å². The maximum Gasteiger partial charge on any atom is 0.437 e. The number of halogens is 4. The Morgan fingerprint density at radius 1 is 1.05 bits per heavy atom. The van der Waals surface area contributed by atoms with Crippen LogP contribution < -0.4 is 9.80 Å². The number of benzene rings is 1. The molecule has 43 heavy (non-hydrogen) atoms. The Kier molecular flexibility index (Phi) is 9.43. The summed E-state index contributed by atoms with van der Waals surface area (Å²) >= 11 is 6.14. The van der Waals surface area contributed by atoms with Crippen LogP contribution in [0, 0.1) is 5.92 Å². The molecule has 2 saturated heterocycles. The Morgan fingerprint density at radius 2 is 1.84 bits per heavy atom. The van der Waals surface area contributed by atoms with E-state index in [1.165, 1.54) is 6.20 Å². The summed E-state index contributed by atoms with van der Waals surface area (Å²) < 4.78 is 52.2. The van der Waals surface area contributed by atoms with Crippen molar-refractivity contribution >= 4 is 35.3 Å². The number of anilines is 2. The van der Waals surface area contributed by atoms with E-state index in [4.69, 9.17) is 20.8 Å². The first kappa shape index (κ1) is 30.7. The van der Waals surface area contributed by atoms with Crippen LogP contribution in [0.2, 0.25) is 5.02 Å². The third-order valence-corrected chi connectivity index (χ3v) is 7.99. The van der Waals surface area contributed by atoms with E-state index in [1.54, 1.807) is 34.1 Å². The molecule has 9 nitrogen and oxygen atoms in total. The van der Waals surface area contributed by atoms with Gasteiger partial charge in [-0.2, -0.15) is 18.2 Å². The molecule has 0 aliphatic carbocycles. The number of pyridine rings is 1. The molecule has 0 saturated carbocycles. The summed E-state index contributed by atoms with van der Waals surface area (Å²) in [5.74, 6) is -0.663. The zero-order valence-corrected chi connectivity index (χ0v) is 24.5. The minimum atomic E-state index is -4.82. The monoisotopic (exact) mass is 619 g/mol. The number of alkyl halides is 3. The van der Waals surface area contributed by atoms with E-state index in [1.807, 2.05) is 24.0 Å². The molecule has 4 heterocycles. The molecule has 2 aliphatic rings. The molecule has 3 aromatic rings. The van der Waals surface area contributed by atoms with Crippen molar-refractivity contribution in [1.82, 2.24) is 14.9 Å². The Bertz CT molecular complexity index is 1430. The van der Waals surface area contributed by atoms with Gasteiger partial charge >= 0.3 is 12.3 Å². The number of ketones is 1. The van der Waals surface area contributed by atoms with Crippen molar-refractivity contribution in [3.63, 3.8) is 0 Å². The highest BCUT2D eigenvalue weighted by Gasteiger charge is 2.42. The van der Waals surface area contributed by atoms with Gasteiger partial charge in [-0.05, 0) is 42.9 Å². The third kappa shape index (κ3) is 7.59. The number of amides is 1. The predicted molar refractivity (Wildman–Crippen MR) is 154 cm³/mol. The number of nitrogens with zero attached hydrogens (tertiary/aromatic N) is 5. The number of oxazole rings is 1. The number of aromatic nitrogens is 2. The normalized spacial score (nSPS) is 18.0. The lowest BCUT2D eigenvalue weighted by atomic mass is 10.0. The van der Waals surface area contributed by atoms with Crippen LogP contribution in [-0.2, 0) is 23.9 Å². The van der Waals surface area contributed by atoms with E-state index < -0.39 is 29.5 Å².